The highest BCUT2D eigenvalue weighted by Gasteiger charge is 2.34. The molecule has 0 unspecified atom stereocenters. The highest BCUT2D eigenvalue weighted by molar-refractivity contribution is 7.93. The summed E-state index contributed by atoms with van der Waals surface area (Å²) in [5.41, 5.74) is 5.06. The van der Waals surface area contributed by atoms with E-state index in [4.69, 9.17) is 0 Å². The van der Waals surface area contributed by atoms with Crippen LogP contribution < -0.4 is 4.31 Å². The zero-order valence-corrected chi connectivity index (χ0v) is 20.3. The summed E-state index contributed by atoms with van der Waals surface area (Å²) in [7, 11) is -3.79. The second-order valence-corrected chi connectivity index (χ2v) is 10.8. The maximum absolute atomic E-state index is 13.8. The van der Waals surface area contributed by atoms with Gasteiger partial charge in [0.2, 0.25) is 0 Å². The van der Waals surface area contributed by atoms with Crippen LogP contribution in [0.25, 0.3) is 0 Å². The van der Waals surface area contributed by atoms with Crippen LogP contribution in [0.3, 0.4) is 0 Å². The van der Waals surface area contributed by atoms with Crippen LogP contribution in [0.4, 0.5) is 10.1 Å². The topological polar surface area (TPSA) is 40.6 Å². The molecule has 0 amide bonds. The van der Waals surface area contributed by atoms with Gasteiger partial charge >= 0.3 is 0 Å². The quantitative estimate of drug-likeness (QED) is 0.474. The number of hydrogen-bond donors (Lipinski definition) is 0. The van der Waals surface area contributed by atoms with Crippen molar-refractivity contribution < 1.29 is 12.8 Å². The molecule has 3 aromatic rings. The summed E-state index contributed by atoms with van der Waals surface area (Å²) in [5.74, 6) is -0.379. The zero-order chi connectivity index (χ0) is 23.6. The van der Waals surface area contributed by atoms with Gasteiger partial charge in [-0.2, -0.15) is 0 Å². The predicted octanol–water partition coefficient (Wildman–Crippen LogP) is 5.61. The van der Waals surface area contributed by atoms with E-state index in [0.29, 0.717) is 29.0 Å². The fourth-order valence-electron chi connectivity index (χ4n) is 4.56. The lowest BCUT2D eigenvalue weighted by atomic mass is 10.0. The number of benzene rings is 3. The standard InChI is InChI=1S/C27H31FN2O2S/c1-20-8-9-23(18-22(20)3)19-29-16-14-26(15-17-29)30(25-12-10-24(28)11-13-25)33(31,32)27-7-5-4-6-21(27)2/h4-13,18,26H,14-17,19H2,1-3H3. The molecule has 3 aromatic carbocycles. The molecule has 0 aromatic heterocycles. The van der Waals surface area contributed by atoms with E-state index in [2.05, 4.69) is 36.9 Å². The summed E-state index contributed by atoms with van der Waals surface area (Å²) >= 11 is 0. The summed E-state index contributed by atoms with van der Waals surface area (Å²) in [6.45, 7) is 8.51. The van der Waals surface area contributed by atoms with Crippen molar-refractivity contribution in [3.63, 3.8) is 0 Å². The van der Waals surface area contributed by atoms with E-state index in [1.54, 1.807) is 24.3 Å². The Bertz CT molecular complexity index is 1220. The Morgan fingerprint density at radius 2 is 1.55 bits per heavy atom. The zero-order valence-electron chi connectivity index (χ0n) is 19.5. The van der Waals surface area contributed by atoms with Gasteiger partial charge < -0.3 is 0 Å². The van der Waals surface area contributed by atoms with Gasteiger partial charge in [-0.1, -0.05) is 36.4 Å². The van der Waals surface area contributed by atoms with Gasteiger partial charge in [0.1, 0.15) is 5.82 Å². The van der Waals surface area contributed by atoms with Gasteiger partial charge in [0.15, 0.2) is 0 Å². The summed E-state index contributed by atoms with van der Waals surface area (Å²) < 4.78 is 42.7. The summed E-state index contributed by atoms with van der Waals surface area (Å²) in [4.78, 5) is 2.68. The summed E-state index contributed by atoms with van der Waals surface area (Å²) in [5, 5.41) is 0. The molecule has 4 nitrogen and oxygen atoms in total. The maximum atomic E-state index is 13.8. The SMILES string of the molecule is Cc1ccc(CN2CCC(N(c3ccc(F)cc3)S(=O)(=O)c3ccccc3C)CC2)cc1C. The molecular formula is C27H31FN2O2S. The fourth-order valence-corrected chi connectivity index (χ4v) is 6.50. The number of hydrogen-bond acceptors (Lipinski definition) is 3. The smallest absolute Gasteiger partial charge is 0.264 e. The molecule has 0 radical (unpaired) electrons. The first-order valence-electron chi connectivity index (χ1n) is 11.4. The first kappa shape index (κ1) is 23.5. The highest BCUT2D eigenvalue weighted by atomic mass is 32.2. The number of likely N-dealkylation sites (tertiary alicyclic amines) is 1. The van der Waals surface area contributed by atoms with E-state index in [1.165, 1.54) is 33.1 Å². The highest BCUT2D eigenvalue weighted by Crippen LogP contribution is 2.32. The molecule has 1 aliphatic heterocycles. The molecule has 4 rings (SSSR count). The molecule has 0 N–H and O–H groups in total. The predicted molar refractivity (Wildman–Crippen MR) is 131 cm³/mol. The van der Waals surface area contributed by atoms with Gasteiger partial charge in [0, 0.05) is 25.7 Å². The van der Waals surface area contributed by atoms with Crippen LogP contribution in [0, 0.1) is 26.6 Å². The summed E-state index contributed by atoms with van der Waals surface area (Å²) in [6, 6.07) is 19.2. The van der Waals surface area contributed by atoms with Gasteiger partial charge in [-0.15, -0.1) is 0 Å². The lowest BCUT2D eigenvalue weighted by Crippen LogP contribution is -2.47. The Morgan fingerprint density at radius 1 is 0.879 bits per heavy atom. The second kappa shape index (κ2) is 9.65. The first-order valence-corrected chi connectivity index (χ1v) is 12.8. The van der Waals surface area contributed by atoms with Crippen LogP contribution >= 0.6 is 0 Å². The Balaban J connectivity index is 1.58. The van der Waals surface area contributed by atoms with E-state index in [0.717, 1.165) is 19.6 Å². The van der Waals surface area contributed by atoms with Gasteiger partial charge in [0.25, 0.3) is 10.0 Å². The Hall–Kier alpha value is -2.70. The molecule has 1 aliphatic rings. The van der Waals surface area contributed by atoms with Gasteiger partial charge in [-0.3, -0.25) is 9.21 Å². The van der Waals surface area contributed by atoms with Crippen molar-refractivity contribution in [2.45, 2.75) is 51.1 Å². The van der Waals surface area contributed by atoms with Crippen LogP contribution in [0.1, 0.15) is 35.1 Å². The van der Waals surface area contributed by atoms with Crippen molar-refractivity contribution in [2.24, 2.45) is 0 Å². The van der Waals surface area contributed by atoms with E-state index in [9.17, 15) is 12.8 Å². The number of sulfonamides is 1. The molecular weight excluding hydrogens is 435 g/mol. The third kappa shape index (κ3) is 5.12. The lowest BCUT2D eigenvalue weighted by molar-refractivity contribution is 0.206. The number of aryl methyl sites for hydroxylation is 3. The third-order valence-electron chi connectivity index (χ3n) is 6.58. The van der Waals surface area contributed by atoms with Crippen LogP contribution in [-0.4, -0.2) is 32.4 Å². The number of rotatable bonds is 6. The number of anilines is 1. The summed E-state index contributed by atoms with van der Waals surface area (Å²) in [6.07, 6.45) is 1.43. The average molecular weight is 467 g/mol. The molecule has 1 fully saturated rings. The molecule has 0 spiro atoms. The van der Waals surface area contributed by atoms with Crippen molar-refractivity contribution >= 4 is 15.7 Å². The molecule has 174 valence electrons. The Labute approximate surface area is 196 Å². The molecule has 6 heteroatoms. The monoisotopic (exact) mass is 466 g/mol. The lowest BCUT2D eigenvalue weighted by Gasteiger charge is -2.39. The minimum atomic E-state index is -3.79. The van der Waals surface area contributed by atoms with Crippen LogP contribution in [-0.2, 0) is 16.6 Å². The van der Waals surface area contributed by atoms with Crippen LogP contribution in [0.5, 0.6) is 0 Å². The minimum Gasteiger partial charge on any atom is -0.299 e. The number of halogens is 1. The van der Waals surface area contributed by atoms with Crippen LogP contribution in [0.15, 0.2) is 71.6 Å². The van der Waals surface area contributed by atoms with Crippen molar-refractivity contribution in [1.82, 2.24) is 4.90 Å². The van der Waals surface area contributed by atoms with Crippen molar-refractivity contribution in [3.8, 4) is 0 Å². The minimum absolute atomic E-state index is 0.184. The van der Waals surface area contributed by atoms with E-state index >= 15 is 0 Å². The van der Waals surface area contributed by atoms with E-state index in [-0.39, 0.29) is 11.9 Å². The normalized spacial score (nSPS) is 15.5. The van der Waals surface area contributed by atoms with Crippen molar-refractivity contribution in [3.05, 3.63) is 94.8 Å². The molecule has 1 heterocycles. The fraction of sp³-hybridized carbons (Fsp3) is 0.333. The third-order valence-corrected chi connectivity index (χ3v) is 8.62. The number of piperidine rings is 1. The van der Waals surface area contributed by atoms with Crippen molar-refractivity contribution in [2.75, 3.05) is 17.4 Å². The molecule has 33 heavy (non-hydrogen) atoms. The average Bonchev–Trinajstić information content (AvgIpc) is 2.79. The number of nitrogens with zero attached hydrogens (tertiary/aromatic N) is 2. The van der Waals surface area contributed by atoms with Gasteiger partial charge in [-0.05, 0) is 86.2 Å². The van der Waals surface area contributed by atoms with Crippen molar-refractivity contribution in [1.29, 1.82) is 0 Å². The second-order valence-electron chi connectivity index (χ2n) is 8.97. The molecule has 0 aliphatic carbocycles. The van der Waals surface area contributed by atoms with Gasteiger partial charge in [0.05, 0.1) is 10.6 Å². The molecule has 0 atom stereocenters. The maximum Gasteiger partial charge on any atom is 0.264 e. The van der Waals surface area contributed by atoms with E-state index < -0.39 is 10.0 Å². The van der Waals surface area contributed by atoms with E-state index in [1.807, 2.05) is 19.1 Å². The Kier molecular flexibility index (Phi) is 6.86. The first-order chi connectivity index (χ1) is 15.8. The largest absolute Gasteiger partial charge is 0.299 e. The Morgan fingerprint density at radius 3 is 2.18 bits per heavy atom. The van der Waals surface area contributed by atoms with Crippen LogP contribution in [0.2, 0.25) is 0 Å². The molecule has 1 saturated heterocycles. The molecule has 0 bridgehead atoms. The van der Waals surface area contributed by atoms with Gasteiger partial charge in [-0.25, -0.2) is 12.8 Å². The molecule has 0 saturated carbocycles.